The van der Waals surface area contributed by atoms with Crippen molar-refractivity contribution in [2.45, 2.75) is 30.2 Å². The number of sulfonamides is 1. The maximum Gasteiger partial charge on any atom is 0.269 e. The minimum absolute atomic E-state index is 0.0485. The fourth-order valence-corrected chi connectivity index (χ4v) is 3.42. The lowest BCUT2D eigenvalue weighted by Crippen LogP contribution is -2.40. The highest BCUT2D eigenvalue weighted by atomic mass is 32.2. The molecule has 0 bridgehead atoms. The Morgan fingerprint density at radius 3 is 2.60 bits per heavy atom. The van der Waals surface area contributed by atoms with Crippen LogP contribution in [0.2, 0.25) is 0 Å². The second kappa shape index (κ2) is 6.29. The van der Waals surface area contributed by atoms with Gasteiger partial charge in [0.15, 0.2) is 0 Å². The number of hydrogen-bond acceptors (Lipinski definition) is 5. The zero-order valence-corrected chi connectivity index (χ0v) is 11.7. The van der Waals surface area contributed by atoms with E-state index in [1.807, 2.05) is 0 Å². The van der Waals surface area contributed by atoms with E-state index < -0.39 is 14.9 Å². The Balaban J connectivity index is 2.10. The van der Waals surface area contributed by atoms with E-state index >= 15 is 0 Å². The molecule has 1 heterocycles. The standard InChI is InChI=1S/C12H17N3O4S/c16-15(17)11-4-6-12(7-5-11)20(18,19)14-10-3-1-2-8-13-9-10/h4-7,10,13-14H,1-3,8-9H2. The topological polar surface area (TPSA) is 101 Å². The van der Waals surface area contributed by atoms with Gasteiger partial charge in [0.05, 0.1) is 9.82 Å². The largest absolute Gasteiger partial charge is 0.315 e. The zero-order chi connectivity index (χ0) is 14.6. The first-order valence-electron chi connectivity index (χ1n) is 6.46. The van der Waals surface area contributed by atoms with Crippen LogP contribution in [0.15, 0.2) is 29.2 Å². The summed E-state index contributed by atoms with van der Waals surface area (Å²) in [5, 5.41) is 13.7. The zero-order valence-electron chi connectivity index (χ0n) is 10.9. The fourth-order valence-electron chi connectivity index (χ4n) is 2.15. The SMILES string of the molecule is O=[N+]([O-])c1ccc(S(=O)(=O)NC2CCCCNC2)cc1. The Kier molecular flexibility index (Phi) is 4.69. The van der Waals surface area contributed by atoms with Crippen molar-refractivity contribution in [2.75, 3.05) is 13.1 Å². The molecule has 1 fully saturated rings. The first kappa shape index (κ1) is 14.9. The van der Waals surface area contributed by atoms with E-state index in [2.05, 4.69) is 10.0 Å². The van der Waals surface area contributed by atoms with Gasteiger partial charge in [-0.2, -0.15) is 0 Å². The monoisotopic (exact) mass is 299 g/mol. The van der Waals surface area contributed by atoms with Crippen LogP contribution < -0.4 is 10.0 Å². The summed E-state index contributed by atoms with van der Waals surface area (Å²) in [7, 11) is -3.63. The number of non-ortho nitro benzene ring substituents is 1. The van der Waals surface area contributed by atoms with Crippen molar-refractivity contribution in [1.82, 2.24) is 10.0 Å². The second-order valence-electron chi connectivity index (χ2n) is 4.77. The van der Waals surface area contributed by atoms with Gasteiger partial charge in [0.2, 0.25) is 10.0 Å². The molecule has 1 unspecified atom stereocenters. The molecular weight excluding hydrogens is 282 g/mol. The van der Waals surface area contributed by atoms with Crippen molar-refractivity contribution in [3.05, 3.63) is 34.4 Å². The molecule has 0 aromatic heterocycles. The molecule has 1 aliphatic rings. The van der Waals surface area contributed by atoms with E-state index in [1.165, 1.54) is 24.3 Å². The highest BCUT2D eigenvalue weighted by Gasteiger charge is 2.21. The third-order valence-electron chi connectivity index (χ3n) is 3.23. The molecule has 1 saturated heterocycles. The van der Waals surface area contributed by atoms with Gasteiger partial charge in [0.25, 0.3) is 5.69 Å². The van der Waals surface area contributed by atoms with Crippen LogP contribution in [0.4, 0.5) is 5.69 Å². The van der Waals surface area contributed by atoms with Gasteiger partial charge in [-0.05, 0) is 31.5 Å². The molecule has 0 amide bonds. The second-order valence-corrected chi connectivity index (χ2v) is 6.48. The first-order chi connectivity index (χ1) is 9.49. The molecule has 7 nitrogen and oxygen atoms in total. The Labute approximate surface area is 117 Å². The predicted octanol–water partition coefficient (Wildman–Crippen LogP) is 1.02. The van der Waals surface area contributed by atoms with Gasteiger partial charge in [-0.25, -0.2) is 13.1 Å². The first-order valence-corrected chi connectivity index (χ1v) is 7.95. The van der Waals surface area contributed by atoms with Crippen molar-refractivity contribution in [1.29, 1.82) is 0 Å². The molecule has 1 aliphatic heterocycles. The summed E-state index contributed by atoms with van der Waals surface area (Å²) in [4.78, 5) is 10.0. The normalized spacial score (nSPS) is 20.3. The van der Waals surface area contributed by atoms with Crippen molar-refractivity contribution >= 4 is 15.7 Å². The number of rotatable bonds is 4. The lowest BCUT2D eigenvalue weighted by Gasteiger charge is -2.16. The summed E-state index contributed by atoms with van der Waals surface area (Å²) >= 11 is 0. The van der Waals surface area contributed by atoms with Gasteiger partial charge in [-0.1, -0.05) is 6.42 Å². The summed E-state index contributed by atoms with van der Waals surface area (Å²) in [5.74, 6) is 0. The molecule has 1 aromatic rings. The molecule has 110 valence electrons. The van der Waals surface area contributed by atoms with Crippen LogP contribution in [0.3, 0.4) is 0 Å². The quantitative estimate of drug-likeness (QED) is 0.638. The van der Waals surface area contributed by atoms with E-state index in [1.54, 1.807) is 0 Å². The van der Waals surface area contributed by atoms with Crippen molar-refractivity contribution in [3.8, 4) is 0 Å². The van der Waals surface area contributed by atoms with Crippen molar-refractivity contribution in [3.63, 3.8) is 0 Å². The number of hydrogen-bond donors (Lipinski definition) is 2. The fraction of sp³-hybridized carbons (Fsp3) is 0.500. The average molecular weight is 299 g/mol. The molecule has 1 atom stereocenters. The summed E-state index contributed by atoms with van der Waals surface area (Å²) < 4.78 is 27.0. The predicted molar refractivity (Wildman–Crippen MR) is 73.9 cm³/mol. The Morgan fingerprint density at radius 1 is 1.25 bits per heavy atom. The number of nitro benzene ring substituents is 1. The maximum atomic E-state index is 12.2. The van der Waals surface area contributed by atoms with Crippen LogP contribution >= 0.6 is 0 Å². The van der Waals surface area contributed by atoms with E-state index in [9.17, 15) is 18.5 Å². The highest BCUT2D eigenvalue weighted by Crippen LogP contribution is 2.16. The number of benzene rings is 1. The van der Waals surface area contributed by atoms with Crippen LogP contribution in [0.25, 0.3) is 0 Å². The number of nitrogens with one attached hydrogen (secondary N) is 2. The molecular formula is C12H17N3O4S. The van der Waals surface area contributed by atoms with Crippen molar-refractivity contribution in [2.24, 2.45) is 0 Å². The van der Waals surface area contributed by atoms with Crippen molar-refractivity contribution < 1.29 is 13.3 Å². The Hall–Kier alpha value is -1.51. The molecule has 2 N–H and O–H groups in total. The Morgan fingerprint density at radius 2 is 1.95 bits per heavy atom. The summed E-state index contributed by atoms with van der Waals surface area (Å²) in [6.45, 7) is 1.50. The summed E-state index contributed by atoms with van der Waals surface area (Å²) in [6.07, 6.45) is 2.80. The highest BCUT2D eigenvalue weighted by molar-refractivity contribution is 7.89. The molecule has 0 aliphatic carbocycles. The maximum absolute atomic E-state index is 12.2. The van der Waals surface area contributed by atoms with Gasteiger partial charge >= 0.3 is 0 Å². The minimum atomic E-state index is -3.63. The van der Waals surface area contributed by atoms with Gasteiger partial charge in [-0.15, -0.1) is 0 Å². The molecule has 2 rings (SSSR count). The minimum Gasteiger partial charge on any atom is -0.315 e. The van der Waals surface area contributed by atoms with Gasteiger partial charge in [0, 0.05) is 24.7 Å². The van der Waals surface area contributed by atoms with E-state index in [-0.39, 0.29) is 16.6 Å². The van der Waals surface area contributed by atoms with Crippen LogP contribution in [0.5, 0.6) is 0 Å². The van der Waals surface area contributed by atoms with E-state index in [0.717, 1.165) is 25.8 Å². The molecule has 0 saturated carbocycles. The summed E-state index contributed by atoms with van der Waals surface area (Å²) in [6, 6.07) is 4.76. The van der Waals surface area contributed by atoms with Gasteiger partial charge in [0.1, 0.15) is 0 Å². The third-order valence-corrected chi connectivity index (χ3v) is 4.76. The lowest BCUT2D eigenvalue weighted by molar-refractivity contribution is -0.384. The van der Waals surface area contributed by atoms with Crippen LogP contribution in [-0.4, -0.2) is 32.5 Å². The molecule has 1 aromatic carbocycles. The van der Waals surface area contributed by atoms with E-state index in [0.29, 0.717) is 6.54 Å². The van der Waals surface area contributed by atoms with Crippen LogP contribution in [-0.2, 0) is 10.0 Å². The lowest BCUT2D eigenvalue weighted by atomic mass is 10.2. The average Bonchev–Trinajstić information content (AvgIpc) is 2.67. The van der Waals surface area contributed by atoms with Gasteiger partial charge < -0.3 is 5.32 Å². The molecule has 0 spiro atoms. The van der Waals surface area contributed by atoms with E-state index in [4.69, 9.17) is 0 Å². The third kappa shape index (κ3) is 3.75. The molecule has 20 heavy (non-hydrogen) atoms. The van der Waals surface area contributed by atoms with Crippen LogP contribution in [0.1, 0.15) is 19.3 Å². The number of nitrogens with zero attached hydrogens (tertiary/aromatic N) is 1. The van der Waals surface area contributed by atoms with Crippen LogP contribution in [0, 0.1) is 10.1 Å². The van der Waals surface area contributed by atoms with Gasteiger partial charge in [-0.3, -0.25) is 10.1 Å². The Bertz CT molecular complexity index is 563. The molecule has 8 heteroatoms. The summed E-state index contributed by atoms with van der Waals surface area (Å²) in [5.41, 5.74) is -0.125. The smallest absolute Gasteiger partial charge is 0.269 e. The number of nitro groups is 1. The molecule has 0 radical (unpaired) electrons.